The van der Waals surface area contributed by atoms with Gasteiger partial charge in [0.15, 0.2) is 12.4 Å². The predicted molar refractivity (Wildman–Crippen MR) is 238 cm³/mol. The molecule has 1 aliphatic heterocycles. The minimum Gasteiger partial charge on any atom is -0.462 e. The Bertz CT molecular complexity index is 1170. The summed E-state index contributed by atoms with van der Waals surface area (Å²) in [4.78, 5) is 25.4. The number of carbonyl (C=O) groups is 2. The van der Waals surface area contributed by atoms with E-state index in [1.165, 1.54) is 141 Å². The van der Waals surface area contributed by atoms with Crippen LogP contribution in [0.4, 0.5) is 0 Å². The van der Waals surface area contributed by atoms with E-state index in [0.717, 1.165) is 38.5 Å². The molecule has 1 aliphatic rings. The van der Waals surface area contributed by atoms with Crippen LogP contribution in [-0.4, -0.2) is 96.0 Å². The minimum atomic E-state index is -4.60. The van der Waals surface area contributed by atoms with Crippen LogP contribution in [0.25, 0.3) is 0 Å². The van der Waals surface area contributed by atoms with Crippen molar-refractivity contribution in [3.8, 4) is 0 Å². The van der Waals surface area contributed by atoms with Crippen molar-refractivity contribution in [3.05, 3.63) is 12.2 Å². The second-order valence-corrected chi connectivity index (χ2v) is 18.6. The summed E-state index contributed by atoms with van der Waals surface area (Å²) < 4.78 is 54.1. The molecule has 0 saturated carbocycles. The second kappa shape index (κ2) is 37.9. The van der Waals surface area contributed by atoms with Gasteiger partial charge in [0.25, 0.3) is 10.1 Å². The largest absolute Gasteiger partial charge is 0.462 e. The van der Waals surface area contributed by atoms with E-state index in [-0.39, 0.29) is 19.4 Å². The fourth-order valence-corrected chi connectivity index (χ4v) is 8.25. The number of hydrogen-bond donors (Lipinski definition) is 4. The molecule has 60 heavy (non-hydrogen) atoms. The number of aliphatic hydroxyl groups is 3. The molecule has 0 bridgehead atoms. The average Bonchev–Trinajstić information content (AvgIpc) is 3.21. The number of ether oxygens (including phenoxy) is 4. The lowest BCUT2D eigenvalue weighted by atomic mass is 10.00. The quantitative estimate of drug-likeness (QED) is 0.0197. The number of carbonyl (C=O) groups excluding carboxylic acids is 2. The minimum absolute atomic E-state index is 0.166. The molecule has 1 saturated heterocycles. The molecule has 0 aliphatic carbocycles. The smallest absolute Gasteiger partial charge is 0.306 e. The molecule has 4 N–H and O–H groups in total. The summed E-state index contributed by atoms with van der Waals surface area (Å²) in [7, 11) is -4.60. The van der Waals surface area contributed by atoms with Gasteiger partial charge in [0.05, 0.1) is 6.61 Å². The average molecular weight is 877 g/mol. The first-order chi connectivity index (χ1) is 29.0. The molecule has 0 spiro atoms. The lowest BCUT2D eigenvalue weighted by Gasteiger charge is -2.40. The van der Waals surface area contributed by atoms with Gasteiger partial charge < -0.3 is 34.3 Å². The number of aliphatic hydroxyl groups excluding tert-OH is 3. The topological polar surface area (TPSA) is 186 Å². The molecule has 0 aromatic carbocycles. The Morgan fingerprint density at radius 3 is 1.38 bits per heavy atom. The Hall–Kier alpha value is -1.61. The monoisotopic (exact) mass is 877 g/mol. The third kappa shape index (κ3) is 32.1. The molecule has 1 rings (SSSR count). The molecule has 1 fully saturated rings. The van der Waals surface area contributed by atoms with Crippen LogP contribution >= 0.6 is 0 Å². The lowest BCUT2D eigenvalue weighted by Crippen LogP contribution is -2.60. The summed E-state index contributed by atoms with van der Waals surface area (Å²) in [6.07, 6.45) is 31.1. The Morgan fingerprint density at radius 2 is 0.950 bits per heavy atom. The van der Waals surface area contributed by atoms with Gasteiger partial charge in [0.1, 0.15) is 36.8 Å². The summed E-state index contributed by atoms with van der Waals surface area (Å²) >= 11 is 0. The summed E-state index contributed by atoms with van der Waals surface area (Å²) in [6.45, 7) is 3.78. The second-order valence-electron chi connectivity index (χ2n) is 17.1. The van der Waals surface area contributed by atoms with Crippen molar-refractivity contribution in [2.75, 3.05) is 19.0 Å². The summed E-state index contributed by atoms with van der Waals surface area (Å²) in [5.41, 5.74) is 0. The van der Waals surface area contributed by atoms with Crippen LogP contribution in [0, 0.1) is 0 Å². The van der Waals surface area contributed by atoms with E-state index in [1.54, 1.807) is 0 Å². The van der Waals surface area contributed by atoms with Gasteiger partial charge in [-0.1, -0.05) is 180 Å². The molecule has 0 aromatic heterocycles. The molecule has 13 heteroatoms. The Morgan fingerprint density at radius 1 is 0.550 bits per heavy atom. The highest BCUT2D eigenvalue weighted by Crippen LogP contribution is 2.24. The maximum atomic E-state index is 12.8. The maximum absolute atomic E-state index is 12.8. The number of hydrogen-bond acceptors (Lipinski definition) is 11. The normalized spacial score (nSPS) is 20.1. The highest BCUT2D eigenvalue weighted by Gasteiger charge is 2.46. The van der Waals surface area contributed by atoms with Crippen LogP contribution in [-0.2, 0) is 38.7 Å². The van der Waals surface area contributed by atoms with Gasteiger partial charge in [-0.25, -0.2) is 0 Å². The molecule has 0 amide bonds. The van der Waals surface area contributed by atoms with Crippen LogP contribution < -0.4 is 0 Å². The zero-order valence-electron chi connectivity index (χ0n) is 37.8. The highest BCUT2D eigenvalue weighted by atomic mass is 32.2. The van der Waals surface area contributed by atoms with E-state index >= 15 is 0 Å². The van der Waals surface area contributed by atoms with Crippen molar-refractivity contribution in [3.63, 3.8) is 0 Å². The van der Waals surface area contributed by atoms with Gasteiger partial charge in [0.2, 0.25) is 0 Å². The molecule has 6 unspecified atom stereocenters. The number of rotatable bonds is 41. The third-order valence-electron chi connectivity index (χ3n) is 11.3. The van der Waals surface area contributed by atoms with Crippen molar-refractivity contribution in [1.29, 1.82) is 0 Å². The molecule has 0 aromatic rings. The van der Waals surface area contributed by atoms with Gasteiger partial charge in [-0.05, 0) is 38.5 Å². The van der Waals surface area contributed by atoms with E-state index in [1.807, 2.05) is 0 Å². The SMILES string of the molecule is CCCCCCCC/C=C\CCCCCCCCCCCC(=O)OC(COC(=O)CCCCCCCCCCCCCCC)COC1OC(CS(=O)(=O)O)C(O)C(O)C1O. The van der Waals surface area contributed by atoms with Crippen molar-refractivity contribution >= 4 is 22.1 Å². The maximum Gasteiger partial charge on any atom is 0.306 e. The zero-order chi connectivity index (χ0) is 44.1. The van der Waals surface area contributed by atoms with Gasteiger partial charge >= 0.3 is 11.9 Å². The Kier molecular flexibility index (Phi) is 35.6. The first-order valence-corrected chi connectivity index (χ1v) is 25.9. The number of allylic oxidation sites excluding steroid dienone is 2. The Balaban J connectivity index is 2.39. The predicted octanol–water partition coefficient (Wildman–Crippen LogP) is 10.2. The van der Waals surface area contributed by atoms with E-state index in [0.29, 0.717) is 12.8 Å². The standard InChI is InChI=1S/C47H88O12S/c1-3-5-7-9-11-13-15-17-18-19-20-21-22-24-26-28-30-32-34-36-43(49)58-40(38-57-47-46(52)45(51)44(50)41(59-47)39-60(53,54)55)37-56-42(48)35-33-31-29-27-25-23-16-14-12-10-8-6-4-2/h17-18,40-41,44-47,50-52H,3-16,19-39H2,1-2H3,(H,53,54,55)/b18-17-. The van der Waals surface area contributed by atoms with Gasteiger partial charge in [0, 0.05) is 12.8 Å². The van der Waals surface area contributed by atoms with Gasteiger partial charge in [-0.15, -0.1) is 0 Å². The van der Waals surface area contributed by atoms with Crippen molar-refractivity contribution in [2.45, 2.75) is 256 Å². The van der Waals surface area contributed by atoms with Crippen LogP contribution in [0.3, 0.4) is 0 Å². The van der Waals surface area contributed by atoms with Gasteiger partial charge in [-0.3, -0.25) is 14.1 Å². The highest BCUT2D eigenvalue weighted by molar-refractivity contribution is 7.85. The fraction of sp³-hybridized carbons (Fsp3) is 0.915. The summed E-state index contributed by atoms with van der Waals surface area (Å²) in [5.74, 6) is -1.97. The molecule has 1 heterocycles. The first kappa shape index (κ1) is 56.4. The molecular formula is C47H88O12S. The van der Waals surface area contributed by atoms with E-state index in [9.17, 15) is 37.9 Å². The molecular weight excluding hydrogens is 789 g/mol. The number of esters is 2. The van der Waals surface area contributed by atoms with Crippen LogP contribution in [0.15, 0.2) is 12.2 Å². The Labute approximate surface area is 365 Å². The first-order valence-electron chi connectivity index (χ1n) is 24.2. The number of unbranched alkanes of at least 4 members (excludes halogenated alkanes) is 27. The lowest BCUT2D eigenvalue weighted by molar-refractivity contribution is -0.297. The van der Waals surface area contributed by atoms with Crippen molar-refractivity contribution < 1.29 is 56.8 Å². The molecule has 0 radical (unpaired) electrons. The molecule has 12 nitrogen and oxygen atoms in total. The van der Waals surface area contributed by atoms with E-state index < -0.39 is 71.2 Å². The van der Waals surface area contributed by atoms with Gasteiger partial charge in [-0.2, -0.15) is 8.42 Å². The molecule has 6 atom stereocenters. The van der Waals surface area contributed by atoms with Crippen LogP contribution in [0.2, 0.25) is 0 Å². The molecule has 354 valence electrons. The van der Waals surface area contributed by atoms with E-state index in [4.69, 9.17) is 18.9 Å². The van der Waals surface area contributed by atoms with Crippen molar-refractivity contribution in [2.24, 2.45) is 0 Å². The summed E-state index contributed by atoms with van der Waals surface area (Å²) in [5, 5.41) is 30.9. The van der Waals surface area contributed by atoms with Crippen molar-refractivity contribution in [1.82, 2.24) is 0 Å². The zero-order valence-corrected chi connectivity index (χ0v) is 38.6. The third-order valence-corrected chi connectivity index (χ3v) is 12.1. The fourth-order valence-electron chi connectivity index (χ4n) is 7.56. The van der Waals surface area contributed by atoms with Crippen LogP contribution in [0.5, 0.6) is 0 Å². The van der Waals surface area contributed by atoms with E-state index in [2.05, 4.69) is 26.0 Å². The van der Waals surface area contributed by atoms with Crippen LogP contribution in [0.1, 0.15) is 219 Å². The summed E-state index contributed by atoms with van der Waals surface area (Å²) in [6, 6.07) is 0.